The number of carbonyl (C=O) groups excluding carboxylic acids is 1. The predicted octanol–water partition coefficient (Wildman–Crippen LogP) is 2.07. The molecule has 3 N–H and O–H groups in total. The summed E-state index contributed by atoms with van der Waals surface area (Å²) in [5, 5.41) is 22.5. The minimum absolute atomic E-state index is 0.0289. The third-order valence-electron chi connectivity index (χ3n) is 4.85. The van der Waals surface area contributed by atoms with Gasteiger partial charge in [0.2, 0.25) is 5.91 Å². The van der Waals surface area contributed by atoms with E-state index in [1.807, 2.05) is 44.2 Å². The average molecular weight is 305 g/mol. The molecule has 0 aliphatic heterocycles. The molecule has 0 bridgehead atoms. The van der Waals surface area contributed by atoms with E-state index in [1.54, 1.807) is 0 Å². The molecule has 3 atom stereocenters. The second-order valence-corrected chi connectivity index (χ2v) is 6.96. The maximum atomic E-state index is 12.3. The van der Waals surface area contributed by atoms with Crippen LogP contribution in [0.5, 0.6) is 0 Å². The lowest BCUT2D eigenvalue weighted by atomic mass is 9.75. The van der Waals surface area contributed by atoms with Gasteiger partial charge in [-0.05, 0) is 30.2 Å². The summed E-state index contributed by atoms with van der Waals surface area (Å²) in [6, 6.07) is 9.95. The van der Waals surface area contributed by atoms with Gasteiger partial charge in [-0.15, -0.1) is 0 Å². The van der Waals surface area contributed by atoms with Crippen molar-refractivity contribution in [1.82, 2.24) is 5.32 Å². The van der Waals surface area contributed by atoms with Gasteiger partial charge in [0.15, 0.2) is 0 Å². The van der Waals surface area contributed by atoms with Crippen LogP contribution in [-0.4, -0.2) is 35.4 Å². The standard InChI is InChI=1S/C18H27NO3/c1-18(2,12-20)15(13-7-4-3-5-8-13)11-19-17(22)14-9-6-10-16(14)21/h3-5,7-8,14-16,20-21H,6,9-12H2,1-2H3,(H,19,22). The zero-order chi connectivity index (χ0) is 16.2. The van der Waals surface area contributed by atoms with Gasteiger partial charge in [0.05, 0.1) is 12.0 Å². The first-order valence-corrected chi connectivity index (χ1v) is 8.07. The average Bonchev–Trinajstić information content (AvgIpc) is 2.94. The number of nitrogens with one attached hydrogen (secondary N) is 1. The Balaban J connectivity index is 2.06. The van der Waals surface area contributed by atoms with E-state index < -0.39 is 6.10 Å². The predicted molar refractivity (Wildman–Crippen MR) is 86.4 cm³/mol. The molecule has 1 aliphatic carbocycles. The SMILES string of the molecule is CC(C)(CO)C(CNC(=O)C1CCCC1O)c1ccccc1. The van der Waals surface area contributed by atoms with Crippen molar-refractivity contribution in [2.24, 2.45) is 11.3 Å². The van der Waals surface area contributed by atoms with Crippen molar-refractivity contribution in [2.45, 2.75) is 45.1 Å². The molecule has 4 nitrogen and oxygen atoms in total. The summed E-state index contributed by atoms with van der Waals surface area (Å²) in [4.78, 5) is 12.3. The number of aliphatic hydroxyl groups excluding tert-OH is 2. The summed E-state index contributed by atoms with van der Waals surface area (Å²) in [5.74, 6) is -0.325. The van der Waals surface area contributed by atoms with Gasteiger partial charge in [0.1, 0.15) is 0 Å². The summed E-state index contributed by atoms with van der Waals surface area (Å²) in [7, 11) is 0. The number of hydrogen-bond acceptors (Lipinski definition) is 3. The molecular formula is C18H27NO3. The highest BCUT2D eigenvalue weighted by atomic mass is 16.3. The highest BCUT2D eigenvalue weighted by Crippen LogP contribution is 2.35. The molecule has 122 valence electrons. The van der Waals surface area contributed by atoms with Crippen LogP contribution in [0.4, 0.5) is 0 Å². The Morgan fingerprint density at radius 1 is 1.32 bits per heavy atom. The summed E-state index contributed by atoms with van der Waals surface area (Å²) in [5.41, 5.74) is 0.775. The fraction of sp³-hybridized carbons (Fsp3) is 0.611. The van der Waals surface area contributed by atoms with Crippen LogP contribution in [-0.2, 0) is 4.79 Å². The molecule has 0 saturated heterocycles. The van der Waals surface area contributed by atoms with E-state index in [9.17, 15) is 15.0 Å². The minimum atomic E-state index is -0.513. The fourth-order valence-corrected chi connectivity index (χ4v) is 3.22. The molecule has 22 heavy (non-hydrogen) atoms. The summed E-state index contributed by atoms with van der Waals surface area (Å²) < 4.78 is 0. The van der Waals surface area contributed by atoms with E-state index >= 15 is 0 Å². The molecule has 4 heteroatoms. The molecule has 0 spiro atoms. The number of hydrogen-bond donors (Lipinski definition) is 3. The summed E-state index contributed by atoms with van der Waals surface area (Å²) in [6.45, 7) is 4.52. The third-order valence-corrected chi connectivity index (χ3v) is 4.85. The van der Waals surface area contributed by atoms with Gasteiger partial charge >= 0.3 is 0 Å². The normalized spacial score (nSPS) is 23.3. The van der Waals surface area contributed by atoms with Crippen LogP contribution in [0.25, 0.3) is 0 Å². The molecule has 3 unspecified atom stereocenters. The lowest BCUT2D eigenvalue weighted by Crippen LogP contribution is -2.40. The second-order valence-electron chi connectivity index (χ2n) is 6.96. The van der Waals surface area contributed by atoms with Gasteiger partial charge in [-0.25, -0.2) is 0 Å². The molecule has 0 radical (unpaired) electrons. The van der Waals surface area contributed by atoms with Crippen molar-refractivity contribution in [3.05, 3.63) is 35.9 Å². The van der Waals surface area contributed by atoms with Crippen LogP contribution in [0.2, 0.25) is 0 Å². The zero-order valence-electron chi connectivity index (χ0n) is 13.5. The monoisotopic (exact) mass is 305 g/mol. The van der Waals surface area contributed by atoms with E-state index in [2.05, 4.69) is 5.32 Å². The van der Waals surface area contributed by atoms with E-state index in [0.29, 0.717) is 13.0 Å². The number of carbonyl (C=O) groups is 1. The molecule has 0 aromatic heterocycles. The Bertz CT molecular complexity index is 486. The van der Waals surface area contributed by atoms with Crippen molar-refractivity contribution < 1.29 is 15.0 Å². The van der Waals surface area contributed by atoms with Crippen molar-refractivity contribution >= 4 is 5.91 Å². The Morgan fingerprint density at radius 2 is 2.00 bits per heavy atom. The van der Waals surface area contributed by atoms with Gasteiger partial charge in [0.25, 0.3) is 0 Å². The van der Waals surface area contributed by atoms with Gasteiger partial charge in [-0.3, -0.25) is 4.79 Å². The number of aliphatic hydroxyl groups is 2. The topological polar surface area (TPSA) is 69.6 Å². The maximum Gasteiger partial charge on any atom is 0.225 e. The molecule has 1 saturated carbocycles. The maximum absolute atomic E-state index is 12.3. The Kier molecular flexibility index (Phi) is 5.59. The highest BCUT2D eigenvalue weighted by molar-refractivity contribution is 5.79. The van der Waals surface area contributed by atoms with Gasteiger partial charge in [-0.1, -0.05) is 44.2 Å². The molecule has 0 heterocycles. The van der Waals surface area contributed by atoms with E-state index in [1.165, 1.54) is 0 Å². The number of rotatable bonds is 6. The van der Waals surface area contributed by atoms with Crippen molar-refractivity contribution in [3.8, 4) is 0 Å². The second kappa shape index (κ2) is 7.25. The van der Waals surface area contributed by atoms with Crippen LogP contribution >= 0.6 is 0 Å². The van der Waals surface area contributed by atoms with Crippen molar-refractivity contribution in [2.75, 3.05) is 13.2 Å². The summed E-state index contributed by atoms with van der Waals surface area (Å²) in [6.07, 6.45) is 1.86. The Labute approximate surface area is 132 Å². The first kappa shape index (κ1) is 17.0. The van der Waals surface area contributed by atoms with E-state index in [-0.39, 0.29) is 29.8 Å². The Hall–Kier alpha value is -1.39. The first-order valence-electron chi connectivity index (χ1n) is 8.07. The van der Waals surface area contributed by atoms with Gasteiger partial charge in [-0.2, -0.15) is 0 Å². The zero-order valence-corrected chi connectivity index (χ0v) is 13.5. The van der Waals surface area contributed by atoms with Crippen LogP contribution < -0.4 is 5.32 Å². The minimum Gasteiger partial charge on any atom is -0.396 e. The quantitative estimate of drug-likeness (QED) is 0.753. The Morgan fingerprint density at radius 3 is 2.55 bits per heavy atom. The highest BCUT2D eigenvalue weighted by Gasteiger charge is 2.34. The van der Waals surface area contributed by atoms with Crippen LogP contribution in [0.1, 0.15) is 44.6 Å². The lowest BCUT2D eigenvalue weighted by Gasteiger charge is -2.33. The molecule has 1 fully saturated rings. The number of benzene rings is 1. The molecule has 1 amide bonds. The molecule has 1 aromatic carbocycles. The van der Waals surface area contributed by atoms with Crippen LogP contribution in [0.3, 0.4) is 0 Å². The largest absolute Gasteiger partial charge is 0.396 e. The molecule has 1 aromatic rings. The summed E-state index contributed by atoms with van der Waals surface area (Å²) >= 11 is 0. The van der Waals surface area contributed by atoms with Gasteiger partial charge < -0.3 is 15.5 Å². The fourth-order valence-electron chi connectivity index (χ4n) is 3.22. The van der Waals surface area contributed by atoms with Crippen molar-refractivity contribution in [3.63, 3.8) is 0 Å². The van der Waals surface area contributed by atoms with E-state index in [0.717, 1.165) is 18.4 Å². The van der Waals surface area contributed by atoms with Crippen LogP contribution in [0, 0.1) is 11.3 Å². The number of amides is 1. The van der Waals surface area contributed by atoms with Crippen LogP contribution in [0.15, 0.2) is 30.3 Å². The lowest BCUT2D eigenvalue weighted by molar-refractivity contribution is -0.127. The molecule has 1 aliphatic rings. The smallest absolute Gasteiger partial charge is 0.225 e. The molecule has 2 rings (SSSR count). The first-order chi connectivity index (χ1) is 10.5. The third kappa shape index (κ3) is 3.87. The van der Waals surface area contributed by atoms with E-state index in [4.69, 9.17) is 0 Å². The van der Waals surface area contributed by atoms with Gasteiger partial charge in [0, 0.05) is 19.1 Å². The van der Waals surface area contributed by atoms with Crippen molar-refractivity contribution in [1.29, 1.82) is 0 Å². The molecular weight excluding hydrogens is 278 g/mol.